The molecule has 0 aromatic rings. The van der Waals surface area contributed by atoms with Crippen molar-refractivity contribution < 1.29 is 18.7 Å². The Hall–Kier alpha value is 1.60. The maximum Gasteiger partial charge on any atom is 0.308 e. The summed E-state index contributed by atoms with van der Waals surface area (Å²) in [5.74, 6) is -2.12. The first-order valence-corrected chi connectivity index (χ1v) is 15.2. The standard InChI is InChI=1S/C3H10Br2N6O4P2S4/c4-3(5,1(12)10-16(14,18-6)19-7)2(13)11-17(15,20-8)21-9/h6-9H2,(H,10,12,14)(H,11,13,15). The second kappa shape index (κ2) is 9.18. The average Bonchev–Trinajstić information content (AvgIpc) is 2.46. The maximum atomic E-state index is 12.0. The Morgan fingerprint density at radius 1 is 0.810 bits per heavy atom. The van der Waals surface area contributed by atoms with Crippen LogP contribution in [-0.2, 0) is 18.7 Å². The van der Waals surface area contributed by atoms with E-state index in [1.807, 2.05) is 10.2 Å². The molecule has 0 aliphatic carbocycles. The van der Waals surface area contributed by atoms with E-state index in [2.05, 4.69) is 31.9 Å². The molecule has 2 amide bonds. The maximum absolute atomic E-state index is 12.0. The van der Waals surface area contributed by atoms with Crippen molar-refractivity contribution >= 4 is 101 Å². The third-order valence-electron chi connectivity index (χ3n) is 1.60. The van der Waals surface area contributed by atoms with Gasteiger partial charge in [-0.2, -0.15) is 0 Å². The van der Waals surface area contributed by atoms with Crippen LogP contribution in [0.25, 0.3) is 0 Å². The van der Waals surface area contributed by atoms with Crippen LogP contribution in [0.4, 0.5) is 0 Å². The molecule has 10 nitrogen and oxygen atoms in total. The molecule has 21 heavy (non-hydrogen) atoms. The Labute approximate surface area is 153 Å². The molecule has 18 heteroatoms. The summed E-state index contributed by atoms with van der Waals surface area (Å²) in [6, 6.07) is 0. The molecule has 0 atom stereocenters. The Morgan fingerprint density at radius 3 is 1.24 bits per heavy atom. The van der Waals surface area contributed by atoms with E-state index in [1.165, 1.54) is 0 Å². The largest absolute Gasteiger partial charge is 0.308 e. The smallest absolute Gasteiger partial charge is 0.286 e. The highest BCUT2D eigenvalue weighted by atomic mass is 79.9. The zero-order valence-corrected chi connectivity index (χ0v) is 18.0. The highest BCUT2D eigenvalue weighted by Crippen LogP contribution is 2.62. The fourth-order valence-electron chi connectivity index (χ4n) is 0.647. The summed E-state index contributed by atoms with van der Waals surface area (Å²) < 4.78 is 21.7. The minimum absolute atomic E-state index is 0.336. The summed E-state index contributed by atoms with van der Waals surface area (Å²) >= 11 is 6.91. The van der Waals surface area contributed by atoms with Crippen molar-refractivity contribution in [1.29, 1.82) is 0 Å². The molecule has 0 aromatic carbocycles. The molecular formula is C3H10Br2N6O4P2S4. The molecule has 0 heterocycles. The van der Waals surface area contributed by atoms with Crippen molar-refractivity contribution in [3.05, 3.63) is 0 Å². The SMILES string of the molecule is NSP(=O)(NC(=O)C(Br)(Br)C(=O)NP(=O)(SN)SN)SN. The highest BCUT2D eigenvalue weighted by Gasteiger charge is 2.46. The van der Waals surface area contributed by atoms with Crippen molar-refractivity contribution in [3.63, 3.8) is 0 Å². The van der Waals surface area contributed by atoms with Crippen LogP contribution in [0, 0.1) is 0 Å². The molecule has 0 aliphatic rings. The van der Waals surface area contributed by atoms with Crippen molar-refractivity contribution in [2.75, 3.05) is 0 Å². The van der Waals surface area contributed by atoms with Gasteiger partial charge in [-0.1, -0.05) is 31.9 Å². The average molecular weight is 544 g/mol. The van der Waals surface area contributed by atoms with Gasteiger partial charge in [-0.15, -0.1) is 0 Å². The van der Waals surface area contributed by atoms with E-state index >= 15 is 0 Å². The van der Waals surface area contributed by atoms with E-state index in [4.69, 9.17) is 20.6 Å². The molecule has 124 valence electrons. The quantitative estimate of drug-likeness (QED) is 0.111. The molecule has 0 spiro atoms. The summed E-state index contributed by atoms with van der Waals surface area (Å²) in [6.07, 6.45) is 0. The number of hydrogen-bond acceptors (Lipinski definition) is 12. The summed E-state index contributed by atoms with van der Waals surface area (Å²) in [5, 5.41) is 24.6. The lowest BCUT2D eigenvalue weighted by molar-refractivity contribution is -0.127. The fourth-order valence-corrected chi connectivity index (χ4v) is 5.62. The lowest BCUT2D eigenvalue weighted by Gasteiger charge is -2.23. The second-order valence-corrected chi connectivity index (χ2v) is 19.7. The lowest BCUT2D eigenvalue weighted by Crippen LogP contribution is -2.46. The minimum atomic E-state index is -3.52. The van der Waals surface area contributed by atoms with Crippen LogP contribution in [0.15, 0.2) is 0 Å². The normalized spacial score (nSPS) is 12.9. The van der Waals surface area contributed by atoms with Crippen molar-refractivity contribution in [1.82, 2.24) is 10.2 Å². The number of alkyl halides is 2. The van der Waals surface area contributed by atoms with Gasteiger partial charge in [-0.25, -0.2) is 0 Å². The van der Waals surface area contributed by atoms with Gasteiger partial charge in [0.1, 0.15) is 0 Å². The number of halogens is 2. The Kier molecular flexibility index (Phi) is 9.88. The van der Waals surface area contributed by atoms with E-state index in [1.54, 1.807) is 0 Å². The zero-order chi connectivity index (χ0) is 16.9. The van der Waals surface area contributed by atoms with Gasteiger partial charge in [-0.05, 0) is 0 Å². The Bertz CT molecular complexity index is 450. The highest BCUT2D eigenvalue weighted by molar-refractivity contribution is 9.26. The molecule has 0 fully saturated rings. The van der Waals surface area contributed by atoms with Crippen LogP contribution in [0.3, 0.4) is 0 Å². The first-order chi connectivity index (χ1) is 9.50. The van der Waals surface area contributed by atoms with Gasteiger partial charge in [0.2, 0.25) is 3.23 Å². The summed E-state index contributed by atoms with van der Waals surface area (Å²) in [6.45, 7) is 0. The van der Waals surface area contributed by atoms with E-state index in [0.29, 0.717) is 46.3 Å². The van der Waals surface area contributed by atoms with Gasteiger partial charge in [0, 0.05) is 46.3 Å². The van der Waals surface area contributed by atoms with Crippen LogP contribution in [0.5, 0.6) is 0 Å². The molecule has 0 aliphatic heterocycles. The predicted molar refractivity (Wildman–Crippen MR) is 99.2 cm³/mol. The lowest BCUT2D eigenvalue weighted by atomic mass is 10.4. The zero-order valence-electron chi connectivity index (χ0n) is 9.73. The van der Waals surface area contributed by atoms with Gasteiger partial charge >= 0.3 is 11.4 Å². The van der Waals surface area contributed by atoms with Gasteiger partial charge in [0.05, 0.1) is 0 Å². The fraction of sp³-hybridized carbons (Fsp3) is 0.333. The third kappa shape index (κ3) is 6.55. The molecule has 10 N–H and O–H groups in total. The van der Waals surface area contributed by atoms with Crippen LogP contribution in [-0.4, -0.2) is 15.0 Å². The molecule has 0 aromatic heterocycles. The molecular weight excluding hydrogens is 534 g/mol. The summed E-state index contributed by atoms with van der Waals surface area (Å²) in [7, 11) is 0. The number of hydrogen-bond donors (Lipinski definition) is 6. The van der Waals surface area contributed by atoms with Gasteiger partial charge < -0.3 is 0 Å². The van der Waals surface area contributed by atoms with Crippen molar-refractivity contribution in [3.8, 4) is 0 Å². The predicted octanol–water partition coefficient (Wildman–Crippen LogP) is 1.35. The van der Waals surface area contributed by atoms with Gasteiger partial charge in [0.25, 0.3) is 11.8 Å². The third-order valence-corrected chi connectivity index (χ3v) is 12.6. The van der Waals surface area contributed by atoms with Crippen molar-refractivity contribution in [2.45, 2.75) is 3.23 Å². The van der Waals surface area contributed by atoms with Gasteiger partial charge in [-0.3, -0.25) is 49.4 Å². The van der Waals surface area contributed by atoms with E-state index in [0.717, 1.165) is 0 Å². The molecule has 0 rings (SSSR count). The molecule has 0 bridgehead atoms. The molecule has 0 saturated heterocycles. The number of carbonyl (C=O) groups excluding carboxylic acids is 2. The molecule has 0 radical (unpaired) electrons. The number of nitrogens with two attached hydrogens (primary N) is 4. The van der Waals surface area contributed by atoms with Gasteiger partial charge in [0.15, 0.2) is 0 Å². The first kappa shape index (κ1) is 22.6. The Morgan fingerprint density at radius 2 is 1.05 bits per heavy atom. The van der Waals surface area contributed by atoms with E-state index < -0.39 is 26.4 Å². The van der Waals surface area contributed by atoms with E-state index in [-0.39, 0.29) is 0 Å². The topological polar surface area (TPSA) is 196 Å². The van der Waals surface area contributed by atoms with Crippen molar-refractivity contribution in [2.24, 2.45) is 20.6 Å². The first-order valence-electron chi connectivity index (χ1n) is 4.27. The number of carbonyl (C=O) groups is 2. The minimum Gasteiger partial charge on any atom is -0.286 e. The number of amides is 2. The monoisotopic (exact) mass is 542 g/mol. The number of nitrogens with one attached hydrogen (secondary N) is 2. The summed E-state index contributed by atoms with van der Waals surface area (Å²) in [5.41, 5.74) is -7.04. The number of rotatable bonds is 8. The van der Waals surface area contributed by atoms with Crippen LogP contribution in [0.2, 0.25) is 0 Å². The van der Waals surface area contributed by atoms with E-state index in [9.17, 15) is 18.7 Å². The molecule has 0 unspecified atom stereocenters. The van der Waals surface area contributed by atoms with Crippen LogP contribution >= 0.6 is 89.5 Å². The summed E-state index contributed by atoms with van der Waals surface area (Å²) in [4.78, 5) is 23.9. The molecule has 0 saturated carbocycles. The Balaban J connectivity index is 5.12. The second-order valence-electron chi connectivity index (χ2n) is 2.87. The van der Waals surface area contributed by atoms with Crippen LogP contribution < -0.4 is 30.7 Å². The van der Waals surface area contributed by atoms with Crippen LogP contribution in [0.1, 0.15) is 0 Å².